The van der Waals surface area contributed by atoms with Crippen molar-refractivity contribution in [1.29, 1.82) is 0 Å². The summed E-state index contributed by atoms with van der Waals surface area (Å²) < 4.78 is 1.24. The molecule has 2 aromatic carbocycles. The summed E-state index contributed by atoms with van der Waals surface area (Å²) in [6.45, 7) is 1.39. The first-order valence-electron chi connectivity index (χ1n) is 8.76. The second-order valence-corrected chi connectivity index (χ2v) is 7.77. The fourth-order valence-electron chi connectivity index (χ4n) is 3.01. The van der Waals surface area contributed by atoms with Crippen LogP contribution in [-0.4, -0.2) is 48.3 Å². The van der Waals surface area contributed by atoms with Gasteiger partial charge in [0.15, 0.2) is 0 Å². The Kier molecular flexibility index (Phi) is 4.79. The predicted octanol–water partition coefficient (Wildman–Crippen LogP) is 4.13. The molecule has 0 atom stereocenters. The summed E-state index contributed by atoms with van der Waals surface area (Å²) in [7, 11) is 3.95. The van der Waals surface area contributed by atoms with Gasteiger partial charge in [-0.15, -0.1) is 11.3 Å². The molecule has 0 fully saturated rings. The van der Waals surface area contributed by atoms with Crippen molar-refractivity contribution in [3.8, 4) is 10.4 Å². The summed E-state index contributed by atoms with van der Waals surface area (Å²) in [5.74, 6) is 0. The molecule has 3 N–H and O–H groups in total. The van der Waals surface area contributed by atoms with E-state index in [1.807, 2.05) is 43.3 Å². The third-order valence-electron chi connectivity index (χ3n) is 4.34. The van der Waals surface area contributed by atoms with Crippen LogP contribution in [0.15, 0.2) is 48.7 Å². The maximum absolute atomic E-state index is 12.2. The number of nitrogens with one attached hydrogen (secondary N) is 3. The number of thiophene rings is 1. The van der Waals surface area contributed by atoms with Gasteiger partial charge in [0.2, 0.25) is 0 Å². The van der Waals surface area contributed by atoms with Gasteiger partial charge in [0.05, 0.1) is 11.7 Å². The Morgan fingerprint density at radius 1 is 1.19 bits per heavy atom. The predicted molar refractivity (Wildman–Crippen MR) is 112 cm³/mol. The number of benzene rings is 2. The Morgan fingerprint density at radius 2 is 2.04 bits per heavy atom. The molecule has 2 amide bonds. The molecule has 27 heavy (non-hydrogen) atoms. The summed E-state index contributed by atoms with van der Waals surface area (Å²) in [6, 6.07) is 14.2. The van der Waals surface area contributed by atoms with E-state index in [0.717, 1.165) is 33.6 Å². The van der Waals surface area contributed by atoms with Gasteiger partial charge in [-0.25, -0.2) is 4.79 Å². The number of likely N-dealkylation sites (N-methyl/N-ethyl adjacent to an activating group) is 1. The third-order valence-corrected chi connectivity index (χ3v) is 5.49. The lowest BCUT2D eigenvalue weighted by Gasteiger charge is -2.12. The smallest absolute Gasteiger partial charge is 0.319 e. The van der Waals surface area contributed by atoms with E-state index in [1.54, 1.807) is 17.5 Å². The van der Waals surface area contributed by atoms with Crippen LogP contribution >= 0.6 is 11.3 Å². The van der Waals surface area contributed by atoms with E-state index >= 15 is 0 Å². The lowest BCUT2D eigenvalue weighted by molar-refractivity contribution is 0.250. The van der Waals surface area contributed by atoms with Crippen LogP contribution in [0.5, 0.6) is 0 Å². The molecule has 0 unspecified atom stereocenters. The number of carbonyl (C=O) groups is 1. The van der Waals surface area contributed by atoms with Crippen LogP contribution in [0, 0.1) is 0 Å². The minimum Gasteiger partial charge on any atom is -0.337 e. The molecule has 0 spiro atoms. The van der Waals surface area contributed by atoms with Gasteiger partial charge >= 0.3 is 6.03 Å². The van der Waals surface area contributed by atoms with E-state index in [-0.39, 0.29) is 6.03 Å². The zero-order valence-electron chi connectivity index (χ0n) is 15.2. The summed E-state index contributed by atoms with van der Waals surface area (Å²) in [6.07, 6.45) is 1.78. The summed E-state index contributed by atoms with van der Waals surface area (Å²) >= 11 is 1.73. The molecule has 0 aliphatic heterocycles. The standard InChI is InChI=1S/C20H21N5OS/c1-25(2)8-7-21-20(26)23-15-9-14-12-22-24-19(14)16(11-15)18-10-13-5-3-4-6-17(13)27-18/h3-6,9-12H,7-8H2,1-2H3,(H,22,24)(H2,21,23,26). The fraction of sp³-hybridized carbons (Fsp3) is 0.200. The number of fused-ring (bicyclic) bond motifs is 2. The maximum Gasteiger partial charge on any atom is 0.319 e. The van der Waals surface area contributed by atoms with Crippen molar-refractivity contribution in [2.45, 2.75) is 0 Å². The maximum atomic E-state index is 12.2. The van der Waals surface area contributed by atoms with Crippen molar-refractivity contribution in [1.82, 2.24) is 20.4 Å². The highest BCUT2D eigenvalue weighted by Gasteiger charge is 2.12. The van der Waals surface area contributed by atoms with Gasteiger partial charge in [-0.2, -0.15) is 5.10 Å². The van der Waals surface area contributed by atoms with Crippen LogP contribution in [0.25, 0.3) is 31.4 Å². The number of aromatic nitrogens is 2. The second-order valence-electron chi connectivity index (χ2n) is 6.69. The van der Waals surface area contributed by atoms with Gasteiger partial charge in [-0.05, 0) is 43.7 Å². The molecular formula is C20H21N5OS. The number of hydrogen-bond donors (Lipinski definition) is 3. The van der Waals surface area contributed by atoms with Crippen molar-refractivity contribution in [2.24, 2.45) is 0 Å². The number of H-pyrrole nitrogens is 1. The molecule has 2 heterocycles. The first kappa shape index (κ1) is 17.5. The lowest BCUT2D eigenvalue weighted by atomic mass is 10.1. The van der Waals surface area contributed by atoms with Crippen LogP contribution in [0.3, 0.4) is 0 Å². The zero-order chi connectivity index (χ0) is 18.8. The number of aromatic amines is 1. The minimum absolute atomic E-state index is 0.206. The zero-order valence-corrected chi connectivity index (χ0v) is 16.1. The first-order chi connectivity index (χ1) is 13.1. The van der Waals surface area contributed by atoms with E-state index in [4.69, 9.17) is 0 Å². The lowest BCUT2D eigenvalue weighted by Crippen LogP contribution is -2.34. The van der Waals surface area contributed by atoms with Crippen molar-refractivity contribution in [2.75, 3.05) is 32.5 Å². The van der Waals surface area contributed by atoms with Crippen molar-refractivity contribution < 1.29 is 4.79 Å². The number of anilines is 1. The Hall–Kier alpha value is -2.90. The quantitative estimate of drug-likeness (QED) is 0.488. The summed E-state index contributed by atoms with van der Waals surface area (Å²) in [4.78, 5) is 15.4. The third kappa shape index (κ3) is 3.79. The van der Waals surface area contributed by atoms with Gasteiger partial charge in [0.1, 0.15) is 0 Å². The number of urea groups is 1. The van der Waals surface area contributed by atoms with Crippen molar-refractivity contribution >= 4 is 44.0 Å². The Morgan fingerprint density at radius 3 is 2.85 bits per heavy atom. The van der Waals surface area contributed by atoms with Gasteiger partial charge in [0.25, 0.3) is 0 Å². The molecular weight excluding hydrogens is 358 g/mol. The Bertz CT molecular complexity index is 1070. The number of nitrogens with zero attached hydrogens (tertiary/aromatic N) is 2. The number of rotatable bonds is 5. The van der Waals surface area contributed by atoms with Gasteiger partial charge in [-0.1, -0.05) is 18.2 Å². The highest BCUT2D eigenvalue weighted by Crippen LogP contribution is 2.38. The monoisotopic (exact) mass is 379 g/mol. The van der Waals surface area contributed by atoms with E-state index < -0.39 is 0 Å². The SMILES string of the molecule is CN(C)CCNC(=O)Nc1cc(-c2cc3ccccc3s2)c2[nH]ncc2c1. The van der Waals surface area contributed by atoms with Crippen molar-refractivity contribution in [3.05, 3.63) is 48.7 Å². The number of amides is 2. The molecule has 0 saturated heterocycles. The average Bonchev–Trinajstić information content (AvgIpc) is 3.27. The second kappa shape index (κ2) is 7.38. The van der Waals surface area contributed by atoms with E-state index in [0.29, 0.717) is 6.54 Å². The number of hydrogen-bond acceptors (Lipinski definition) is 4. The topological polar surface area (TPSA) is 73.1 Å². The molecule has 0 saturated carbocycles. The average molecular weight is 379 g/mol. The summed E-state index contributed by atoms with van der Waals surface area (Å²) in [5, 5.41) is 15.2. The van der Waals surface area contributed by atoms with Crippen LogP contribution in [0.2, 0.25) is 0 Å². The van der Waals surface area contributed by atoms with E-state index in [9.17, 15) is 4.79 Å². The molecule has 0 aliphatic rings. The molecule has 138 valence electrons. The fourth-order valence-corrected chi connectivity index (χ4v) is 4.09. The number of carbonyl (C=O) groups excluding carboxylic acids is 1. The Balaban J connectivity index is 1.64. The highest BCUT2D eigenvalue weighted by atomic mass is 32.1. The molecule has 4 rings (SSSR count). The summed E-state index contributed by atoms with van der Waals surface area (Å²) in [5.41, 5.74) is 2.76. The molecule has 4 aromatic rings. The molecule has 0 bridgehead atoms. The van der Waals surface area contributed by atoms with Crippen LogP contribution < -0.4 is 10.6 Å². The molecule has 0 radical (unpaired) electrons. The van der Waals surface area contributed by atoms with Crippen LogP contribution in [-0.2, 0) is 0 Å². The minimum atomic E-state index is -0.206. The van der Waals surface area contributed by atoms with Crippen LogP contribution in [0.1, 0.15) is 0 Å². The van der Waals surface area contributed by atoms with Gasteiger partial charge in [0, 0.05) is 39.3 Å². The van der Waals surface area contributed by atoms with E-state index in [2.05, 4.69) is 39.0 Å². The highest BCUT2D eigenvalue weighted by molar-refractivity contribution is 7.22. The first-order valence-corrected chi connectivity index (χ1v) is 9.57. The van der Waals surface area contributed by atoms with Gasteiger partial charge < -0.3 is 15.5 Å². The molecule has 6 nitrogen and oxygen atoms in total. The van der Waals surface area contributed by atoms with Gasteiger partial charge in [-0.3, -0.25) is 5.10 Å². The molecule has 2 aromatic heterocycles. The van der Waals surface area contributed by atoms with Crippen LogP contribution in [0.4, 0.5) is 10.5 Å². The van der Waals surface area contributed by atoms with Crippen molar-refractivity contribution in [3.63, 3.8) is 0 Å². The Labute approximate surface area is 161 Å². The normalized spacial score (nSPS) is 11.4. The molecule has 7 heteroatoms. The van der Waals surface area contributed by atoms with E-state index in [1.165, 1.54) is 10.1 Å². The largest absolute Gasteiger partial charge is 0.337 e. The molecule has 0 aliphatic carbocycles.